The predicted octanol–water partition coefficient (Wildman–Crippen LogP) is 5.45. The monoisotopic (exact) mass is 493 g/mol. The first-order valence-electron chi connectivity index (χ1n) is 9.47. The van der Waals surface area contributed by atoms with Gasteiger partial charge < -0.3 is 9.15 Å². The van der Waals surface area contributed by atoms with Crippen LogP contribution in [0.3, 0.4) is 0 Å². The zero-order chi connectivity index (χ0) is 22.5. The summed E-state index contributed by atoms with van der Waals surface area (Å²) in [6, 6.07) is 20.5. The molecule has 0 saturated carbocycles. The predicted molar refractivity (Wildman–Crippen MR) is 123 cm³/mol. The Bertz CT molecular complexity index is 1280. The summed E-state index contributed by atoms with van der Waals surface area (Å²) < 4.78 is 12.2. The van der Waals surface area contributed by atoms with Gasteiger partial charge in [0.25, 0.3) is 5.69 Å². The highest BCUT2D eigenvalue weighted by Crippen LogP contribution is 2.23. The molecule has 1 aromatic heterocycles. The van der Waals surface area contributed by atoms with Crippen LogP contribution in [0.25, 0.3) is 11.0 Å². The van der Waals surface area contributed by atoms with Gasteiger partial charge in [0.15, 0.2) is 5.76 Å². The number of hydrogen-bond donors (Lipinski definition) is 1. The molecule has 160 valence electrons. The Kier molecular flexibility index (Phi) is 6.27. The van der Waals surface area contributed by atoms with Gasteiger partial charge in [-0.25, -0.2) is 5.43 Å². The third kappa shape index (κ3) is 5.01. The zero-order valence-corrected chi connectivity index (χ0v) is 18.1. The van der Waals surface area contributed by atoms with Crippen LogP contribution in [-0.2, 0) is 6.61 Å². The van der Waals surface area contributed by atoms with E-state index in [9.17, 15) is 14.9 Å². The topological polar surface area (TPSA) is 107 Å². The minimum Gasteiger partial charge on any atom is -0.488 e. The molecule has 0 spiro atoms. The van der Waals surface area contributed by atoms with Crippen LogP contribution in [0.4, 0.5) is 5.69 Å². The van der Waals surface area contributed by atoms with Crippen molar-refractivity contribution in [3.05, 3.63) is 104 Å². The molecular weight excluding hydrogens is 478 g/mol. The van der Waals surface area contributed by atoms with Crippen molar-refractivity contribution in [1.29, 1.82) is 0 Å². The highest BCUT2D eigenvalue weighted by Gasteiger charge is 2.11. The van der Waals surface area contributed by atoms with E-state index in [0.717, 1.165) is 15.4 Å². The highest BCUT2D eigenvalue weighted by molar-refractivity contribution is 9.10. The number of nitro benzene ring substituents is 1. The van der Waals surface area contributed by atoms with Crippen LogP contribution in [0.5, 0.6) is 5.75 Å². The van der Waals surface area contributed by atoms with Crippen molar-refractivity contribution in [2.45, 2.75) is 6.61 Å². The summed E-state index contributed by atoms with van der Waals surface area (Å²) in [6.45, 7) is 0.214. The number of benzene rings is 3. The van der Waals surface area contributed by atoms with Crippen LogP contribution in [0.2, 0.25) is 0 Å². The number of fused-ring (bicyclic) bond motifs is 1. The number of amides is 1. The van der Waals surface area contributed by atoms with Gasteiger partial charge in [0.2, 0.25) is 0 Å². The first-order valence-corrected chi connectivity index (χ1v) is 10.3. The number of non-ortho nitro benzene ring substituents is 1. The van der Waals surface area contributed by atoms with Crippen LogP contribution in [0, 0.1) is 10.1 Å². The lowest BCUT2D eigenvalue weighted by Gasteiger charge is -2.09. The van der Waals surface area contributed by atoms with Crippen LogP contribution in [-0.4, -0.2) is 17.0 Å². The van der Waals surface area contributed by atoms with Gasteiger partial charge in [0, 0.05) is 27.6 Å². The fraction of sp³-hybridized carbons (Fsp3) is 0.0435. The second-order valence-corrected chi connectivity index (χ2v) is 7.66. The third-order valence-electron chi connectivity index (χ3n) is 4.53. The van der Waals surface area contributed by atoms with Crippen molar-refractivity contribution < 1.29 is 18.9 Å². The summed E-state index contributed by atoms with van der Waals surface area (Å²) >= 11 is 3.41. The molecule has 0 atom stereocenters. The number of hydrogen-bond acceptors (Lipinski definition) is 6. The number of rotatable bonds is 7. The normalized spacial score (nSPS) is 11.0. The van der Waals surface area contributed by atoms with Crippen molar-refractivity contribution in [2.75, 3.05) is 0 Å². The molecule has 3 aromatic carbocycles. The van der Waals surface area contributed by atoms with Gasteiger partial charge in [0.1, 0.15) is 17.9 Å². The number of carbonyl (C=O) groups excluding carboxylic acids is 1. The summed E-state index contributed by atoms with van der Waals surface area (Å²) in [5.74, 6) is 0.223. The van der Waals surface area contributed by atoms with Crippen molar-refractivity contribution in [2.24, 2.45) is 5.10 Å². The molecule has 0 saturated heterocycles. The summed E-state index contributed by atoms with van der Waals surface area (Å²) in [7, 11) is 0. The quantitative estimate of drug-likeness (QED) is 0.209. The Balaban J connectivity index is 1.43. The Hall–Kier alpha value is -3.98. The molecule has 0 fully saturated rings. The van der Waals surface area contributed by atoms with Gasteiger partial charge in [0.05, 0.1) is 11.1 Å². The molecule has 0 radical (unpaired) electrons. The second kappa shape index (κ2) is 9.44. The summed E-state index contributed by atoms with van der Waals surface area (Å²) in [4.78, 5) is 22.7. The van der Waals surface area contributed by atoms with Gasteiger partial charge in [-0.3, -0.25) is 14.9 Å². The first-order chi connectivity index (χ1) is 15.5. The molecule has 0 aliphatic heterocycles. The number of ether oxygens (including phenoxy) is 1. The van der Waals surface area contributed by atoms with Crippen LogP contribution in [0.15, 0.2) is 86.8 Å². The van der Waals surface area contributed by atoms with Gasteiger partial charge in [-0.1, -0.05) is 34.1 Å². The number of hydrazone groups is 1. The van der Waals surface area contributed by atoms with Crippen LogP contribution in [0.1, 0.15) is 21.7 Å². The standard InChI is InChI=1S/C23H16BrN3O5/c24-18-7-10-20(31-14-15-5-8-19(9-6-15)27(29)30)17(11-18)13-25-26-23(28)22-12-16-3-1-2-4-21(16)32-22/h1-13H,14H2,(H,26,28)/b25-13+. The number of carbonyl (C=O) groups is 1. The van der Waals surface area contributed by atoms with E-state index in [-0.39, 0.29) is 18.1 Å². The average Bonchev–Trinajstić information content (AvgIpc) is 3.23. The number of nitrogens with zero attached hydrogens (tertiary/aromatic N) is 2. The smallest absolute Gasteiger partial charge is 0.307 e. The molecule has 0 unspecified atom stereocenters. The van der Waals surface area contributed by atoms with E-state index in [0.29, 0.717) is 16.9 Å². The zero-order valence-electron chi connectivity index (χ0n) is 16.5. The summed E-state index contributed by atoms with van der Waals surface area (Å²) in [6.07, 6.45) is 1.47. The Morgan fingerprint density at radius 3 is 2.66 bits per heavy atom. The Morgan fingerprint density at radius 1 is 1.12 bits per heavy atom. The maximum absolute atomic E-state index is 12.3. The second-order valence-electron chi connectivity index (χ2n) is 6.74. The third-order valence-corrected chi connectivity index (χ3v) is 5.03. The molecule has 0 aliphatic rings. The molecule has 1 heterocycles. The van der Waals surface area contributed by atoms with E-state index in [1.165, 1.54) is 18.3 Å². The maximum atomic E-state index is 12.3. The number of furan rings is 1. The lowest BCUT2D eigenvalue weighted by atomic mass is 10.2. The van der Waals surface area contributed by atoms with Gasteiger partial charge in [-0.05, 0) is 48.0 Å². The lowest BCUT2D eigenvalue weighted by Crippen LogP contribution is -2.16. The van der Waals surface area contributed by atoms with Crippen molar-refractivity contribution in [1.82, 2.24) is 5.43 Å². The molecule has 0 bridgehead atoms. The SMILES string of the molecule is O=C(N/N=C/c1cc(Br)ccc1OCc1ccc([N+](=O)[O-])cc1)c1cc2ccccc2o1. The van der Waals surface area contributed by atoms with E-state index in [1.54, 1.807) is 36.4 Å². The highest BCUT2D eigenvalue weighted by atomic mass is 79.9. The maximum Gasteiger partial charge on any atom is 0.307 e. The first kappa shape index (κ1) is 21.3. The van der Waals surface area contributed by atoms with E-state index < -0.39 is 10.8 Å². The van der Waals surface area contributed by atoms with E-state index >= 15 is 0 Å². The van der Waals surface area contributed by atoms with Crippen molar-refractivity contribution in [3.8, 4) is 5.75 Å². The number of halogens is 1. The summed E-state index contributed by atoms with van der Waals surface area (Å²) in [5.41, 5.74) is 4.50. The van der Waals surface area contributed by atoms with Gasteiger partial charge >= 0.3 is 5.91 Å². The average molecular weight is 494 g/mol. The van der Waals surface area contributed by atoms with E-state index in [4.69, 9.17) is 9.15 Å². The van der Waals surface area contributed by atoms with E-state index in [1.807, 2.05) is 24.3 Å². The van der Waals surface area contributed by atoms with E-state index in [2.05, 4.69) is 26.5 Å². The fourth-order valence-electron chi connectivity index (χ4n) is 2.94. The van der Waals surface area contributed by atoms with Gasteiger partial charge in [-0.15, -0.1) is 0 Å². The minimum atomic E-state index is -0.471. The fourth-order valence-corrected chi connectivity index (χ4v) is 3.31. The van der Waals surface area contributed by atoms with Crippen molar-refractivity contribution >= 4 is 44.7 Å². The number of para-hydroxylation sites is 1. The molecule has 1 N–H and O–H groups in total. The molecule has 32 heavy (non-hydrogen) atoms. The van der Waals surface area contributed by atoms with Crippen LogP contribution >= 0.6 is 15.9 Å². The molecule has 4 aromatic rings. The van der Waals surface area contributed by atoms with Gasteiger partial charge in [-0.2, -0.15) is 5.10 Å². The minimum absolute atomic E-state index is 0.0189. The number of nitrogens with one attached hydrogen (secondary N) is 1. The molecule has 8 nitrogen and oxygen atoms in total. The molecular formula is C23H16BrN3O5. The Labute approximate surface area is 190 Å². The number of nitro groups is 1. The lowest BCUT2D eigenvalue weighted by molar-refractivity contribution is -0.384. The van der Waals surface area contributed by atoms with Crippen molar-refractivity contribution in [3.63, 3.8) is 0 Å². The molecule has 4 rings (SSSR count). The largest absolute Gasteiger partial charge is 0.488 e. The van der Waals surface area contributed by atoms with Crippen LogP contribution < -0.4 is 10.2 Å². The molecule has 1 amide bonds. The molecule has 9 heteroatoms. The molecule has 0 aliphatic carbocycles. The summed E-state index contributed by atoms with van der Waals surface area (Å²) in [5, 5.41) is 15.6. The Morgan fingerprint density at radius 2 is 1.91 bits per heavy atom.